The van der Waals surface area contributed by atoms with Crippen LogP contribution in [0.4, 0.5) is 0 Å². The molecule has 0 radical (unpaired) electrons. The summed E-state index contributed by atoms with van der Waals surface area (Å²) in [4.78, 5) is 10.9. The molecule has 1 aliphatic rings. The van der Waals surface area contributed by atoms with Crippen LogP contribution in [0.5, 0.6) is 0 Å². The number of carbonyl (C=O) groups excluding carboxylic acids is 1. The van der Waals surface area contributed by atoms with Gasteiger partial charge in [-0.15, -0.1) is 0 Å². The van der Waals surface area contributed by atoms with Crippen LogP contribution in [0.2, 0.25) is 18.1 Å². The molecule has 0 aliphatic heterocycles. The summed E-state index contributed by atoms with van der Waals surface area (Å²) in [5.74, 6) is 0.890. The molecule has 0 unspecified atom stereocenters. The van der Waals surface area contributed by atoms with Crippen molar-refractivity contribution in [3.8, 4) is 0 Å². The molecular formula is C15H31NO2Si. The fourth-order valence-electron chi connectivity index (χ4n) is 2.37. The van der Waals surface area contributed by atoms with Gasteiger partial charge in [-0.1, -0.05) is 20.8 Å². The summed E-state index contributed by atoms with van der Waals surface area (Å²) < 4.78 is 6.47. The number of rotatable bonds is 6. The van der Waals surface area contributed by atoms with E-state index in [0.717, 1.165) is 13.0 Å². The Bertz CT molecular complexity index is 310. The second-order valence-corrected chi connectivity index (χ2v) is 12.3. The molecular weight excluding hydrogens is 254 g/mol. The number of nitrogens with one attached hydrogen (secondary N) is 1. The molecule has 0 heterocycles. The number of hydrogen-bond donors (Lipinski definition) is 1. The Balaban J connectivity index is 2.34. The van der Waals surface area contributed by atoms with Gasteiger partial charge >= 0.3 is 0 Å². The van der Waals surface area contributed by atoms with E-state index in [1.807, 2.05) is 0 Å². The first-order chi connectivity index (χ1) is 8.62. The van der Waals surface area contributed by atoms with Crippen molar-refractivity contribution in [2.45, 2.75) is 71.2 Å². The van der Waals surface area contributed by atoms with Crippen molar-refractivity contribution in [2.24, 2.45) is 5.92 Å². The third-order valence-corrected chi connectivity index (χ3v) is 9.10. The van der Waals surface area contributed by atoms with E-state index in [1.54, 1.807) is 6.92 Å². The van der Waals surface area contributed by atoms with Gasteiger partial charge in [0, 0.05) is 6.10 Å². The van der Waals surface area contributed by atoms with Crippen LogP contribution in [-0.2, 0) is 9.22 Å². The van der Waals surface area contributed by atoms with Crippen LogP contribution in [0.1, 0.15) is 47.0 Å². The molecule has 0 bridgehead atoms. The molecule has 19 heavy (non-hydrogen) atoms. The summed E-state index contributed by atoms with van der Waals surface area (Å²) in [7, 11) is -1.62. The van der Waals surface area contributed by atoms with E-state index in [1.165, 1.54) is 12.8 Å². The van der Waals surface area contributed by atoms with Crippen LogP contribution in [0.3, 0.4) is 0 Å². The molecule has 4 heteroatoms. The maximum absolute atomic E-state index is 10.9. The van der Waals surface area contributed by atoms with Gasteiger partial charge in [-0.3, -0.25) is 4.79 Å². The van der Waals surface area contributed by atoms with Gasteiger partial charge in [0.25, 0.3) is 0 Å². The molecule has 0 spiro atoms. The van der Waals surface area contributed by atoms with E-state index < -0.39 is 8.32 Å². The Morgan fingerprint density at radius 2 is 1.95 bits per heavy atom. The minimum Gasteiger partial charge on any atom is -0.414 e. The van der Waals surface area contributed by atoms with Crippen molar-refractivity contribution in [3.05, 3.63) is 0 Å². The Labute approximate surface area is 119 Å². The molecule has 0 amide bonds. The molecule has 3 nitrogen and oxygen atoms in total. The molecule has 2 atom stereocenters. The summed E-state index contributed by atoms with van der Waals surface area (Å²) in [6.07, 6.45) is 3.99. The lowest BCUT2D eigenvalue weighted by atomic mass is 10.1. The van der Waals surface area contributed by atoms with Crippen LogP contribution in [0, 0.1) is 5.92 Å². The Kier molecular flexibility index (Phi) is 5.77. The molecule has 1 rings (SSSR count). The van der Waals surface area contributed by atoms with Crippen LogP contribution in [-0.4, -0.2) is 33.3 Å². The van der Waals surface area contributed by atoms with Crippen molar-refractivity contribution >= 4 is 14.1 Å². The quantitative estimate of drug-likeness (QED) is 0.761. The van der Waals surface area contributed by atoms with Gasteiger partial charge in [-0.25, -0.2) is 0 Å². The van der Waals surface area contributed by atoms with Crippen molar-refractivity contribution in [1.29, 1.82) is 0 Å². The molecule has 1 aliphatic carbocycles. The summed E-state index contributed by atoms with van der Waals surface area (Å²) in [6, 6.07) is 0. The predicted octanol–water partition coefficient (Wildman–Crippen LogP) is 3.36. The van der Waals surface area contributed by atoms with Crippen LogP contribution in [0.15, 0.2) is 0 Å². The van der Waals surface area contributed by atoms with Gasteiger partial charge in [0.2, 0.25) is 0 Å². The molecule has 0 saturated heterocycles. The number of Topliss-reactive ketones (excluding diaryl/α,β-unsaturated/α-hetero) is 1. The fraction of sp³-hybridized carbons (Fsp3) is 0.933. The SMILES string of the molecule is CC(=O)CNC[C@H]1CC[C@H](O[Si](C)(C)C(C)(C)C)C1. The second kappa shape index (κ2) is 6.51. The molecule has 0 aromatic rings. The first-order valence-electron chi connectivity index (χ1n) is 7.50. The predicted molar refractivity (Wildman–Crippen MR) is 83.0 cm³/mol. The fourth-order valence-corrected chi connectivity index (χ4v) is 3.77. The first kappa shape index (κ1) is 16.9. The van der Waals surface area contributed by atoms with Crippen molar-refractivity contribution in [1.82, 2.24) is 5.32 Å². The van der Waals surface area contributed by atoms with Gasteiger partial charge in [0.1, 0.15) is 5.78 Å². The Morgan fingerprint density at radius 1 is 1.32 bits per heavy atom. The van der Waals surface area contributed by atoms with Crippen molar-refractivity contribution < 1.29 is 9.22 Å². The van der Waals surface area contributed by atoms with Gasteiger partial charge in [0.05, 0.1) is 6.54 Å². The third-order valence-electron chi connectivity index (χ3n) is 4.57. The normalized spacial score (nSPS) is 24.7. The largest absolute Gasteiger partial charge is 0.414 e. The Morgan fingerprint density at radius 3 is 2.47 bits per heavy atom. The minimum absolute atomic E-state index is 0.215. The van der Waals surface area contributed by atoms with Crippen LogP contribution in [0.25, 0.3) is 0 Å². The lowest BCUT2D eigenvalue weighted by Crippen LogP contribution is -2.43. The number of hydrogen-bond acceptors (Lipinski definition) is 3. The van der Waals surface area contributed by atoms with E-state index in [9.17, 15) is 4.79 Å². The van der Waals surface area contributed by atoms with E-state index in [2.05, 4.69) is 39.2 Å². The lowest BCUT2D eigenvalue weighted by Gasteiger charge is -2.38. The van der Waals surface area contributed by atoms with Crippen molar-refractivity contribution in [3.63, 3.8) is 0 Å². The molecule has 112 valence electrons. The highest BCUT2D eigenvalue weighted by Gasteiger charge is 2.40. The highest BCUT2D eigenvalue weighted by molar-refractivity contribution is 6.74. The molecule has 0 aromatic carbocycles. The topological polar surface area (TPSA) is 38.3 Å². The summed E-state index contributed by atoms with van der Waals surface area (Å²) in [5.41, 5.74) is 0. The maximum atomic E-state index is 10.9. The van der Waals surface area contributed by atoms with Gasteiger partial charge in [-0.2, -0.15) is 0 Å². The maximum Gasteiger partial charge on any atom is 0.192 e. The zero-order valence-corrected chi connectivity index (χ0v) is 14.5. The molecule has 0 aromatic heterocycles. The van der Waals surface area contributed by atoms with E-state index in [0.29, 0.717) is 18.6 Å². The molecule has 1 saturated carbocycles. The highest BCUT2D eigenvalue weighted by Crippen LogP contribution is 2.40. The van der Waals surface area contributed by atoms with E-state index in [4.69, 9.17) is 4.43 Å². The molecule has 1 N–H and O–H groups in total. The van der Waals surface area contributed by atoms with E-state index >= 15 is 0 Å². The first-order valence-corrected chi connectivity index (χ1v) is 10.4. The average Bonchev–Trinajstić information content (AvgIpc) is 2.62. The summed E-state index contributed by atoms with van der Waals surface area (Å²) >= 11 is 0. The molecule has 1 fully saturated rings. The number of ketones is 1. The highest BCUT2D eigenvalue weighted by atomic mass is 28.4. The standard InChI is InChI=1S/C15H31NO2Si/c1-12(17)10-16-11-13-7-8-14(9-13)18-19(5,6)15(2,3)4/h13-14,16H,7-11H2,1-6H3/t13-,14-/m0/s1. The van der Waals surface area contributed by atoms with Crippen LogP contribution < -0.4 is 5.32 Å². The van der Waals surface area contributed by atoms with Gasteiger partial charge in [0.15, 0.2) is 8.32 Å². The summed E-state index contributed by atoms with van der Waals surface area (Å²) in [6.45, 7) is 14.6. The third kappa shape index (κ3) is 5.36. The zero-order valence-electron chi connectivity index (χ0n) is 13.5. The van der Waals surface area contributed by atoms with Gasteiger partial charge in [-0.05, 0) is 56.8 Å². The smallest absolute Gasteiger partial charge is 0.192 e. The second-order valence-electron chi connectivity index (χ2n) is 7.51. The Hall–Kier alpha value is -0.193. The zero-order chi connectivity index (χ0) is 14.7. The van der Waals surface area contributed by atoms with Gasteiger partial charge < -0.3 is 9.74 Å². The average molecular weight is 286 g/mol. The summed E-state index contributed by atoms with van der Waals surface area (Å²) in [5, 5.41) is 3.54. The number of carbonyl (C=O) groups is 1. The van der Waals surface area contributed by atoms with Crippen LogP contribution >= 0.6 is 0 Å². The monoisotopic (exact) mass is 285 g/mol. The van der Waals surface area contributed by atoms with E-state index in [-0.39, 0.29) is 10.8 Å². The van der Waals surface area contributed by atoms with Crippen molar-refractivity contribution in [2.75, 3.05) is 13.1 Å². The lowest BCUT2D eigenvalue weighted by molar-refractivity contribution is -0.116. The minimum atomic E-state index is -1.62.